The van der Waals surface area contributed by atoms with Crippen LogP contribution in [-0.4, -0.2) is 20.7 Å². The summed E-state index contributed by atoms with van der Waals surface area (Å²) in [5, 5.41) is 4.20. The van der Waals surface area contributed by atoms with Crippen LogP contribution in [0.15, 0.2) is 48.2 Å². The van der Waals surface area contributed by atoms with Gasteiger partial charge in [0.1, 0.15) is 6.61 Å². The summed E-state index contributed by atoms with van der Waals surface area (Å²) < 4.78 is 7.02. The van der Waals surface area contributed by atoms with Crippen LogP contribution in [0, 0.1) is 6.92 Å². The maximum absolute atomic E-state index is 12.0. The Labute approximate surface area is 132 Å². The SMILES string of the molecule is Cc1ncsc1COC(=O)c1cnn(Cc2ccccc2)c1. The number of aromatic nitrogens is 3. The Hall–Kier alpha value is -2.47. The molecular weight excluding hydrogens is 298 g/mol. The van der Waals surface area contributed by atoms with Crippen molar-refractivity contribution in [3.8, 4) is 0 Å². The average molecular weight is 313 g/mol. The van der Waals surface area contributed by atoms with Gasteiger partial charge in [0.15, 0.2) is 0 Å². The molecule has 5 nitrogen and oxygen atoms in total. The van der Waals surface area contributed by atoms with Crippen LogP contribution < -0.4 is 0 Å². The quantitative estimate of drug-likeness (QED) is 0.679. The first-order chi connectivity index (χ1) is 10.7. The Balaban J connectivity index is 1.61. The minimum Gasteiger partial charge on any atom is -0.456 e. The number of thiazole rings is 1. The summed E-state index contributed by atoms with van der Waals surface area (Å²) in [5.41, 5.74) is 4.23. The fourth-order valence-corrected chi connectivity index (χ4v) is 2.69. The third-order valence-electron chi connectivity index (χ3n) is 3.24. The number of aryl methyl sites for hydroxylation is 1. The van der Waals surface area contributed by atoms with Gasteiger partial charge in [-0.1, -0.05) is 30.3 Å². The third kappa shape index (κ3) is 3.40. The number of benzene rings is 1. The smallest absolute Gasteiger partial charge is 0.341 e. The van der Waals surface area contributed by atoms with E-state index in [1.807, 2.05) is 37.3 Å². The highest BCUT2D eigenvalue weighted by Gasteiger charge is 2.12. The van der Waals surface area contributed by atoms with Crippen molar-refractivity contribution in [2.75, 3.05) is 0 Å². The minimum absolute atomic E-state index is 0.249. The predicted molar refractivity (Wildman–Crippen MR) is 83.7 cm³/mol. The molecule has 0 saturated carbocycles. The van der Waals surface area contributed by atoms with Crippen molar-refractivity contribution in [3.05, 3.63) is 69.9 Å². The molecule has 0 amide bonds. The lowest BCUT2D eigenvalue weighted by Gasteiger charge is -2.02. The molecule has 2 heterocycles. The maximum atomic E-state index is 12.0. The van der Waals surface area contributed by atoms with E-state index in [4.69, 9.17) is 4.74 Å². The molecule has 0 fully saturated rings. The van der Waals surface area contributed by atoms with Gasteiger partial charge in [-0.15, -0.1) is 11.3 Å². The van der Waals surface area contributed by atoms with Gasteiger partial charge in [0.2, 0.25) is 0 Å². The second-order valence-corrected chi connectivity index (χ2v) is 5.79. The first kappa shape index (κ1) is 14.5. The molecule has 22 heavy (non-hydrogen) atoms. The second kappa shape index (κ2) is 6.53. The van der Waals surface area contributed by atoms with E-state index in [0.29, 0.717) is 12.1 Å². The molecule has 0 radical (unpaired) electrons. The number of carbonyl (C=O) groups is 1. The summed E-state index contributed by atoms with van der Waals surface area (Å²) in [6, 6.07) is 9.96. The van der Waals surface area contributed by atoms with E-state index in [0.717, 1.165) is 16.1 Å². The topological polar surface area (TPSA) is 57.0 Å². The largest absolute Gasteiger partial charge is 0.456 e. The number of esters is 1. The molecule has 0 bridgehead atoms. The number of nitrogens with zero attached hydrogens (tertiary/aromatic N) is 3. The number of hydrogen-bond acceptors (Lipinski definition) is 5. The van der Waals surface area contributed by atoms with Gasteiger partial charge in [0.25, 0.3) is 0 Å². The van der Waals surface area contributed by atoms with Gasteiger partial charge in [-0.05, 0) is 12.5 Å². The van der Waals surface area contributed by atoms with Crippen molar-refractivity contribution in [1.82, 2.24) is 14.8 Å². The number of carbonyl (C=O) groups excluding carboxylic acids is 1. The van der Waals surface area contributed by atoms with Gasteiger partial charge >= 0.3 is 5.97 Å². The molecule has 2 aromatic heterocycles. The van der Waals surface area contributed by atoms with E-state index >= 15 is 0 Å². The second-order valence-electron chi connectivity index (χ2n) is 4.85. The van der Waals surface area contributed by atoms with Gasteiger partial charge in [-0.2, -0.15) is 5.10 Å². The minimum atomic E-state index is -0.368. The maximum Gasteiger partial charge on any atom is 0.341 e. The Morgan fingerprint density at radius 3 is 2.86 bits per heavy atom. The average Bonchev–Trinajstić information content (AvgIpc) is 3.15. The van der Waals surface area contributed by atoms with Crippen molar-refractivity contribution in [3.63, 3.8) is 0 Å². The zero-order valence-electron chi connectivity index (χ0n) is 12.1. The van der Waals surface area contributed by atoms with Crippen molar-refractivity contribution in [1.29, 1.82) is 0 Å². The highest BCUT2D eigenvalue weighted by Crippen LogP contribution is 2.14. The standard InChI is InChI=1S/C16H15N3O2S/c1-12-15(22-11-17-12)10-21-16(20)14-7-18-19(9-14)8-13-5-3-2-4-6-13/h2-7,9,11H,8,10H2,1H3. The Bertz CT molecular complexity index is 765. The van der Waals surface area contributed by atoms with E-state index < -0.39 is 0 Å². The Kier molecular flexibility index (Phi) is 4.29. The molecule has 3 aromatic rings. The summed E-state index contributed by atoms with van der Waals surface area (Å²) in [5.74, 6) is -0.368. The number of rotatable bonds is 5. The summed E-state index contributed by atoms with van der Waals surface area (Å²) in [6.07, 6.45) is 3.24. The van der Waals surface area contributed by atoms with E-state index in [2.05, 4.69) is 10.1 Å². The van der Waals surface area contributed by atoms with Crippen molar-refractivity contribution >= 4 is 17.3 Å². The monoisotopic (exact) mass is 313 g/mol. The fraction of sp³-hybridized carbons (Fsp3) is 0.188. The molecule has 0 atom stereocenters. The highest BCUT2D eigenvalue weighted by atomic mass is 32.1. The van der Waals surface area contributed by atoms with E-state index in [1.54, 1.807) is 16.4 Å². The van der Waals surface area contributed by atoms with Gasteiger partial charge in [-0.3, -0.25) is 4.68 Å². The first-order valence-corrected chi connectivity index (χ1v) is 7.73. The molecule has 0 aliphatic heterocycles. The zero-order valence-corrected chi connectivity index (χ0v) is 12.9. The van der Waals surface area contributed by atoms with Crippen LogP contribution in [0.2, 0.25) is 0 Å². The molecule has 6 heteroatoms. The summed E-state index contributed by atoms with van der Waals surface area (Å²) in [7, 11) is 0. The molecule has 0 aliphatic carbocycles. The molecule has 1 aromatic carbocycles. The summed E-state index contributed by atoms with van der Waals surface area (Å²) >= 11 is 1.48. The Morgan fingerprint density at radius 1 is 1.32 bits per heavy atom. The van der Waals surface area contributed by atoms with Crippen LogP contribution in [0.4, 0.5) is 0 Å². The highest BCUT2D eigenvalue weighted by molar-refractivity contribution is 7.09. The Morgan fingerprint density at radius 2 is 2.14 bits per heavy atom. The lowest BCUT2D eigenvalue weighted by molar-refractivity contribution is 0.0476. The van der Waals surface area contributed by atoms with Gasteiger partial charge < -0.3 is 4.74 Å². The van der Waals surface area contributed by atoms with E-state index in [9.17, 15) is 4.79 Å². The molecule has 0 unspecified atom stereocenters. The van der Waals surface area contributed by atoms with Gasteiger partial charge in [0.05, 0.1) is 34.4 Å². The van der Waals surface area contributed by atoms with E-state index in [1.165, 1.54) is 17.5 Å². The molecule has 112 valence electrons. The van der Waals surface area contributed by atoms with Crippen molar-refractivity contribution in [2.24, 2.45) is 0 Å². The van der Waals surface area contributed by atoms with Crippen LogP contribution in [-0.2, 0) is 17.9 Å². The molecular formula is C16H15N3O2S. The van der Waals surface area contributed by atoms with E-state index in [-0.39, 0.29) is 12.6 Å². The number of ether oxygens (including phenoxy) is 1. The van der Waals surface area contributed by atoms with Crippen LogP contribution in [0.25, 0.3) is 0 Å². The normalized spacial score (nSPS) is 10.6. The van der Waals surface area contributed by atoms with Crippen molar-refractivity contribution in [2.45, 2.75) is 20.1 Å². The molecule has 3 rings (SSSR count). The van der Waals surface area contributed by atoms with Crippen LogP contribution >= 0.6 is 11.3 Å². The third-order valence-corrected chi connectivity index (χ3v) is 4.14. The fourth-order valence-electron chi connectivity index (χ4n) is 2.01. The summed E-state index contributed by atoms with van der Waals surface area (Å²) in [4.78, 5) is 17.1. The molecule has 0 N–H and O–H groups in total. The lowest BCUT2D eigenvalue weighted by Crippen LogP contribution is -2.04. The first-order valence-electron chi connectivity index (χ1n) is 6.85. The zero-order chi connectivity index (χ0) is 15.4. The molecule has 0 aliphatic rings. The van der Waals surface area contributed by atoms with Crippen LogP contribution in [0.5, 0.6) is 0 Å². The molecule has 0 spiro atoms. The predicted octanol–water partition coefficient (Wildman–Crippen LogP) is 3.05. The molecule has 0 saturated heterocycles. The van der Waals surface area contributed by atoms with Crippen molar-refractivity contribution < 1.29 is 9.53 Å². The van der Waals surface area contributed by atoms with Gasteiger partial charge in [-0.25, -0.2) is 9.78 Å². The summed E-state index contributed by atoms with van der Waals surface area (Å²) in [6.45, 7) is 2.78. The van der Waals surface area contributed by atoms with Crippen LogP contribution in [0.1, 0.15) is 26.5 Å². The van der Waals surface area contributed by atoms with Gasteiger partial charge in [0, 0.05) is 6.20 Å². The van der Waals surface area contributed by atoms with Crippen LogP contribution in [0.3, 0.4) is 0 Å². The lowest BCUT2D eigenvalue weighted by atomic mass is 10.2. The number of hydrogen-bond donors (Lipinski definition) is 0.